The number of carbonyl (C=O) groups is 1. The molecular weight excluding hydrogens is 276 g/mol. The molecule has 2 heterocycles. The van der Waals surface area contributed by atoms with Crippen molar-refractivity contribution in [2.75, 3.05) is 46.2 Å². The molecular formula is C14H18N2O5. The fraction of sp³-hybridized carbons (Fsp3) is 0.500. The lowest BCUT2D eigenvalue weighted by atomic mass is 10.2. The fourth-order valence-corrected chi connectivity index (χ4v) is 2.21. The highest BCUT2D eigenvalue weighted by molar-refractivity contribution is 5.94. The van der Waals surface area contributed by atoms with E-state index in [1.54, 1.807) is 18.2 Å². The van der Waals surface area contributed by atoms with Crippen molar-refractivity contribution in [2.45, 2.75) is 0 Å². The molecule has 7 heteroatoms. The van der Waals surface area contributed by atoms with Gasteiger partial charge in [0.05, 0.1) is 19.8 Å². The second-order valence-electron chi connectivity index (χ2n) is 4.80. The summed E-state index contributed by atoms with van der Waals surface area (Å²) in [6, 6.07) is 5.03. The van der Waals surface area contributed by atoms with Gasteiger partial charge in [0.15, 0.2) is 11.5 Å². The van der Waals surface area contributed by atoms with Gasteiger partial charge < -0.3 is 14.2 Å². The first kappa shape index (κ1) is 14.1. The van der Waals surface area contributed by atoms with Crippen LogP contribution in [0.15, 0.2) is 18.2 Å². The first-order chi connectivity index (χ1) is 10.3. The summed E-state index contributed by atoms with van der Waals surface area (Å²) >= 11 is 0. The molecule has 2 aliphatic rings. The van der Waals surface area contributed by atoms with Gasteiger partial charge in [-0.05, 0) is 18.2 Å². The molecule has 2 aliphatic heterocycles. The standard InChI is InChI=1S/C14H18N2O5/c17-14(11-1-2-12-13(9-11)20-10-19-12)15-21-8-5-16-3-6-18-7-4-16/h1-2,9H,3-8,10H2,(H,15,17). The van der Waals surface area contributed by atoms with Gasteiger partial charge in [-0.15, -0.1) is 0 Å². The predicted molar refractivity (Wildman–Crippen MR) is 73.2 cm³/mol. The van der Waals surface area contributed by atoms with Crippen molar-refractivity contribution in [3.8, 4) is 11.5 Å². The van der Waals surface area contributed by atoms with Gasteiger partial charge in [0.1, 0.15) is 0 Å². The molecule has 1 N–H and O–H groups in total. The normalized spacial score (nSPS) is 17.7. The van der Waals surface area contributed by atoms with E-state index in [4.69, 9.17) is 19.0 Å². The van der Waals surface area contributed by atoms with Crippen molar-refractivity contribution in [2.24, 2.45) is 0 Å². The first-order valence-corrected chi connectivity index (χ1v) is 6.95. The maximum absolute atomic E-state index is 11.9. The highest BCUT2D eigenvalue weighted by Gasteiger charge is 2.16. The zero-order chi connectivity index (χ0) is 14.5. The molecule has 1 aromatic carbocycles. The van der Waals surface area contributed by atoms with Crippen LogP contribution in [0.3, 0.4) is 0 Å². The summed E-state index contributed by atoms with van der Waals surface area (Å²) in [6.45, 7) is 4.71. The molecule has 1 amide bonds. The number of morpholine rings is 1. The quantitative estimate of drug-likeness (QED) is 0.626. The third kappa shape index (κ3) is 3.63. The Bertz CT molecular complexity index is 502. The second-order valence-corrected chi connectivity index (χ2v) is 4.80. The average Bonchev–Trinajstić information content (AvgIpc) is 3.00. The summed E-state index contributed by atoms with van der Waals surface area (Å²) in [6.07, 6.45) is 0. The predicted octanol–water partition coefficient (Wildman–Crippen LogP) is 0.409. The Morgan fingerprint density at radius 3 is 2.90 bits per heavy atom. The highest BCUT2D eigenvalue weighted by Crippen LogP contribution is 2.32. The average molecular weight is 294 g/mol. The molecule has 0 aliphatic carbocycles. The summed E-state index contributed by atoms with van der Waals surface area (Å²) in [4.78, 5) is 19.4. The lowest BCUT2D eigenvalue weighted by molar-refractivity contribution is -0.00177. The Hall–Kier alpha value is -1.83. The highest BCUT2D eigenvalue weighted by atomic mass is 16.7. The molecule has 0 aromatic heterocycles. The van der Waals surface area contributed by atoms with Crippen LogP contribution in [0.25, 0.3) is 0 Å². The van der Waals surface area contributed by atoms with Crippen molar-refractivity contribution < 1.29 is 23.8 Å². The molecule has 1 aromatic rings. The Labute approximate surface area is 122 Å². The Balaban J connectivity index is 1.41. The van der Waals surface area contributed by atoms with E-state index in [0.717, 1.165) is 32.8 Å². The van der Waals surface area contributed by atoms with Gasteiger partial charge in [0.2, 0.25) is 6.79 Å². The first-order valence-electron chi connectivity index (χ1n) is 6.95. The number of nitrogens with one attached hydrogen (secondary N) is 1. The molecule has 3 rings (SSSR count). The Morgan fingerprint density at radius 2 is 2.05 bits per heavy atom. The van der Waals surface area contributed by atoms with Crippen LogP contribution >= 0.6 is 0 Å². The van der Waals surface area contributed by atoms with Crippen LogP contribution < -0.4 is 15.0 Å². The van der Waals surface area contributed by atoms with E-state index in [9.17, 15) is 4.79 Å². The monoisotopic (exact) mass is 294 g/mol. The minimum atomic E-state index is -0.296. The van der Waals surface area contributed by atoms with E-state index in [1.807, 2.05) is 0 Å². The van der Waals surface area contributed by atoms with Crippen LogP contribution in [0.5, 0.6) is 11.5 Å². The smallest absolute Gasteiger partial charge is 0.274 e. The Morgan fingerprint density at radius 1 is 1.24 bits per heavy atom. The van der Waals surface area contributed by atoms with Crippen LogP contribution in [0, 0.1) is 0 Å². The minimum absolute atomic E-state index is 0.191. The molecule has 114 valence electrons. The topological polar surface area (TPSA) is 69.3 Å². The van der Waals surface area contributed by atoms with E-state index in [2.05, 4.69) is 10.4 Å². The molecule has 1 saturated heterocycles. The molecule has 0 atom stereocenters. The molecule has 1 fully saturated rings. The van der Waals surface area contributed by atoms with E-state index in [0.29, 0.717) is 23.7 Å². The summed E-state index contributed by atoms with van der Waals surface area (Å²) in [5.41, 5.74) is 2.91. The SMILES string of the molecule is O=C(NOCCN1CCOCC1)c1ccc2c(c1)OCO2. The van der Waals surface area contributed by atoms with E-state index >= 15 is 0 Å². The lowest BCUT2D eigenvalue weighted by Gasteiger charge is -2.26. The van der Waals surface area contributed by atoms with Gasteiger partial charge in [-0.2, -0.15) is 0 Å². The van der Waals surface area contributed by atoms with Gasteiger partial charge >= 0.3 is 0 Å². The van der Waals surface area contributed by atoms with Gasteiger partial charge in [-0.1, -0.05) is 0 Å². The van der Waals surface area contributed by atoms with Crippen LogP contribution in [0.4, 0.5) is 0 Å². The lowest BCUT2D eigenvalue weighted by Crippen LogP contribution is -2.39. The van der Waals surface area contributed by atoms with Crippen molar-refractivity contribution in [1.82, 2.24) is 10.4 Å². The number of amides is 1. The van der Waals surface area contributed by atoms with Crippen LogP contribution in [0.1, 0.15) is 10.4 Å². The maximum atomic E-state index is 11.9. The van der Waals surface area contributed by atoms with Crippen LogP contribution in [-0.2, 0) is 9.57 Å². The zero-order valence-electron chi connectivity index (χ0n) is 11.7. The summed E-state index contributed by atoms with van der Waals surface area (Å²) in [5.74, 6) is 0.936. The number of rotatable bonds is 5. The zero-order valence-corrected chi connectivity index (χ0v) is 11.7. The molecule has 0 bridgehead atoms. The third-order valence-electron chi connectivity index (χ3n) is 3.41. The second kappa shape index (κ2) is 6.75. The number of hydroxylamine groups is 1. The number of hydrogen-bond acceptors (Lipinski definition) is 6. The maximum Gasteiger partial charge on any atom is 0.274 e. The summed E-state index contributed by atoms with van der Waals surface area (Å²) in [5, 5.41) is 0. The molecule has 0 saturated carbocycles. The summed E-state index contributed by atoms with van der Waals surface area (Å²) in [7, 11) is 0. The van der Waals surface area contributed by atoms with Crippen LogP contribution in [-0.4, -0.2) is 57.1 Å². The van der Waals surface area contributed by atoms with Gasteiger partial charge in [0, 0.05) is 25.2 Å². The third-order valence-corrected chi connectivity index (χ3v) is 3.41. The minimum Gasteiger partial charge on any atom is -0.454 e. The van der Waals surface area contributed by atoms with E-state index in [1.165, 1.54) is 0 Å². The molecule has 21 heavy (non-hydrogen) atoms. The molecule has 7 nitrogen and oxygen atoms in total. The van der Waals surface area contributed by atoms with Gasteiger partial charge in [0.25, 0.3) is 5.91 Å². The number of hydrogen-bond donors (Lipinski definition) is 1. The molecule has 0 unspecified atom stereocenters. The van der Waals surface area contributed by atoms with Crippen LogP contribution in [0.2, 0.25) is 0 Å². The summed E-state index contributed by atoms with van der Waals surface area (Å²) < 4.78 is 15.7. The number of ether oxygens (including phenoxy) is 3. The fourth-order valence-electron chi connectivity index (χ4n) is 2.21. The van der Waals surface area contributed by atoms with Crippen molar-refractivity contribution in [3.63, 3.8) is 0 Å². The van der Waals surface area contributed by atoms with Gasteiger partial charge in [-0.25, -0.2) is 5.48 Å². The van der Waals surface area contributed by atoms with Crippen molar-refractivity contribution >= 4 is 5.91 Å². The van der Waals surface area contributed by atoms with E-state index < -0.39 is 0 Å². The number of fused-ring (bicyclic) bond motifs is 1. The van der Waals surface area contributed by atoms with Gasteiger partial charge in [-0.3, -0.25) is 14.5 Å². The van der Waals surface area contributed by atoms with E-state index in [-0.39, 0.29) is 12.7 Å². The Kier molecular flexibility index (Phi) is 4.54. The van der Waals surface area contributed by atoms with Crippen molar-refractivity contribution in [1.29, 1.82) is 0 Å². The number of nitrogens with zero attached hydrogens (tertiary/aromatic N) is 1. The molecule has 0 spiro atoms. The number of benzene rings is 1. The van der Waals surface area contributed by atoms with Crippen molar-refractivity contribution in [3.05, 3.63) is 23.8 Å². The largest absolute Gasteiger partial charge is 0.454 e. The number of carbonyl (C=O) groups excluding carboxylic acids is 1. The molecule has 0 radical (unpaired) electrons.